The van der Waals surface area contributed by atoms with Gasteiger partial charge in [-0.25, -0.2) is 4.39 Å². The number of hydrogen-bond donors (Lipinski definition) is 1. The average molecular weight is 445 g/mol. The third kappa shape index (κ3) is 5.97. The van der Waals surface area contributed by atoms with Gasteiger partial charge in [0.1, 0.15) is 24.1 Å². The molecule has 1 N–H and O–H groups in total. The monoisotopic (exact) mass is 444 g/mol. The van der Waals surface area contributed by atoms with Crippen molar-refractivity contribution < 1.29 is 23.4 Å². The van der Waals surface area contributed by atoms with Gasteiger partial charge < -0.3 is 19.5 Å². The fourth-order valence-corrected chi connectivity index (χ4v) is 3.36. The molecule has 2 aromatic rings. The van der Waals surface area contributed by atoms with Crippen LogP contribution in [0.5, 0.6) is 11.5 Å². The van der Waals surface area contributed by atoms with Gasteiger partial charge in [0.2, 0.25) is 0 Å². The van der Waals surface area contributed by atoms with Gasteiger partial charge in [0, 0.05) is 18.7 Å². The second kappa shape index (κ2) is 10.8. The number of benzene rings is 2. The second-order valence-electron chi connectivity index (χ2n) is 6.91. The van der Waals surface area contributed by atoms with E-state index in [4.69, 9.17) is 25.8 Å². The summed E-state index contributed by atoms with van der Waals surface area (Å²) in [5.74, 6) is -0.204. The van der Waals surface area contributed by atoms with Gasteiger partial charge in [0.15, 0.2) is 11.5 Å². The van der Waals surface area contributed by atoms with Crippen molar-refractivity contribution in [1.29, 1.82) is 5.26 Å². The van der Waals surface area contributed by atoms with Crippen molar-refractivity contribution in [3.8, 4) is 17.6 Å². The SMILES string of the molecule is COc1ccc(/C=C(\C#N)C(=O)NC[C@@H]2CCCO2)cc1OCc1c(F)cccc1Cl. The first-order valence-electron chi connectivity index (χ1n) is 9.77. The summed E-state index contributed by atoms with van der Waals surface area (Å²) in [5, 5.41) is 12.4. The summed E-state index contributed by atoms with van der Waals surface area (Å²) in [6.07, 6.45) is 3.29. The quantitative estimate of drug-likeness (QED) is 0.486. The number of halogens is 2. The topological polar surface area (TPSA) is 80.6 Å². The zero-order valence-corrected chi connectivity index (χ0v) is 17.7. The van der Waals surface area contributed by atoms with E-state index in [0.29, 0.717) is 30.2 Å². The summed E-state index contributed by atoms with van der Waals surface area (Å²) < 4.78 is 30.5. The van der Waals surface area contributed by atoms with Crippen molar-refractivity contribution >= 4 is 23.6 Å². The normalized spacial score (nSPS) is 15.9. The molecular weight excluding hydrogens is 423 g/mol. The number of nitriles is 1. The minimum absolute atomic E-state index is 0.0184. The van der Waals surface area contributed by atoms with E-state index in [0.717, 1.165) is 12.8 Å². The van der Waals surface area contributed by atoms with Crippen molar-refractivity contribution in [2.75, 3.05) is 20.3 Å². The fraction of sp³-hybridized carbons (Fsp3) is 0.304. The van der Waals surface area contributed by atoms with E-state index < -0.39 is 11.7 Å². The van der Waals surface area contributed by atoms with Gasteiger partial charge in [-0.2, -0.15) is 5.26 Å². The van der Waals surface area contributed by atoms with E-state index in [-0.39, 0.29) is 28.9 Å². The molecule has 2 aromatic carbocycles. The molecule has 1 atom stereocenters. The number of methoxy groups -OCH3 is 1. The van der Waals surface area contributed by atoms with Gasteiger partial charge in [-0.15, -0.1) is 0 Å². The molecule has 1 heterocycles. The van der Waals surface area contributed by atoms with Gasteiger partial charge in [-0.1, -0.05) is 23.7 Å². The van der Waals surface area contributed by atoms with Crippen molar-refractivity contribution in [3.05, 3.63) is 63.9 Å². The molecule has 162 valence electrons. The molecule has 0 unspecified atom stereocenters. The third-order valence-corrected chi connectivity index (χ3v) is 5.17. The Morgan fingerprint density at radius 3 is 2.90 bits per heavy atom. The Labute approximate surface area is 185 Å². The minimum Gasteiger partial charge on any atom is -0.493 e. The summed E-state index contributed by atoms with van der Waals surface area (Å²) in [4.78, 5) is 12.4. The zero-order valence-electron chi connectivity index (χ0n) is 17.0. The minimum atomic E-state index is -0.477. The summed E-state index contributed by atoms with van der Waals surface area (Å²) in [7, 11) is 1.48. The molecule has 1 amide bonds. The number of hydrogen-bond acceptors (Lipinski definition) is 5. The molecule has 0 bridgehead atoms. The first-order chi connectivity index (χ1) is 15.0. The molecule has 31 heavy (non-hydrogen) atoms. The second-order valence-corrected chi connectivity index (χ2v) is 7.32. The van der Waals surface area contributed by atoms with Crippen LogP contribution < -0.4 is 14.8 Å². The number of amides is 1. The van der Waals surface area contributed by atoms with Crippen LogP contribution in [0.15, 0.2) is 42.0 Å². The Hall–Kier alpha value is -3.08. The van der Waals surface area contributed by atoms with E-state index in [9.17, 15) is 14.4 Å². The molecule has 1 fully saturated rings. The number of carbonyl (C=O) groups is 1. The van der Waals surface area contributed by atoms with Crippen molar-refractivity contribution in [2.24, 2.45) is 0 Å². The lowest BCUT2D eigenvalue weighted by molar-refractivity contribution is -0.117. The average Bonchev–Trinajstić information content (AvgIpc) is 3.29. The standard InChI is InChI=1S/C23H22ClFN2O4/c1-29-21-8-7-15(10-16(12-26)23(28)27-13-17-4-3-9-30-17)11-22(21)31-14-18-19(24)5-2-6-20(18)25/h2,5-8,10-11,17H,3-4,9,13-14H2,1H3,(H,27,28)/b16-10+/t17-/m0/s1. The number of rotatable bonds is 8. The highest BCUT2D eigenvalue weighted by molar-refractivity contribution is 6.31. The smallest absolute Gasteiger partial charge is 0.262 e. The van der Waals surface area contributed by atoms with Crippen molar-refractivity contribution in [3.63, 3.8) is 0 Å². The van der Waals surface area contributed by atoms with Crippen LogP contribution >= 0.6 is 11.6 Å². The Morgan fingerprint density at radius 2 is 2.23 bits per heavy atom. The first kappa shape index (κ1) is 22.6. The maximum atomic E-state index is 14.0. The molecule has 1 saturated heterocycles. The van der Waals surface area contributed by atoms with Crippen LogP contribution in [0.1, 0.15) is 24.0 Å². The number of nitrogens with one attached hydrogen (secondary N) is 1. The maximum absolute atomic E-state index is 14.0. The van der Waals surface area contributed by atoms with Crippen LogP contribution in [0.25, 0.3) is 6.08 Å². The summed E-state index contributed by atoms with van der Waals surface area (Å²) in [6.45, 7) is 0.939. The zero-order chi connectivity index (χ0) is 22.2. The molecule has 3 rings (SSSR count). The highest BCUT2D eigenvalue weighted by atomic mass is 35.5. The molecule has 0 aliphatic carbocycles. The van der Waals surface area contributed by atoms with Gasteiger partial charge in [0.05, 0.1) is 18.2 Å². The van der Waals surface area contributed by atoms with E-state index >= 15 is 0 Å². The molecular formula is C23H22ClFN2O4. The van der Waals surface area contributed by atoms with Gasteiger partial charge in [-0.05, 0) is 48.7 Å². The van der Waals surface area contributed by atoms with E-state index in [2.05, 4.69) is 5.32 Å². The van der Waals surface area contributed by atoms with Crippen LogP contribution in [0, 0.1) is 17.1 Å². The van der Waals surface area contributed by atoms with E-state index in [1.54, 1.807) is 24.3 Å². The summed E-state index contributed by atoms with van der Waals surface area (Å²) in [5.41, 5.74) is 0.726. The number of nitrogens with zero attached hydrogens (tertiary/aromatic N) is 1. The molecule has 1 aliphatic rings. The Bertz CT molecular complexity index is 993. The molecule has 8 heteroatoms. The van der Waals surface area contributed by atoms with Crippen LogP contribution in [0.3, 0.4) is 0 Å². The van der Waals surface area contributed by atoms with Crippen molar-refractivity contribution in [1.82, 2.24) is 5.32 Å². The predicted molar refractivity (Wildman–Crippen MR) is 114 cm³/mol. The highest BCUT2D eigenvalue weighted by Gasteiger charge is 2.18. The molecule has 0 saturated carbocycles. The highest BCUT2D eigenvalue weighted by Crippen LogP contribution is 2.31. The molecule has 0 spiro atoms. The molecule has 1 aliphatic heterocycles. The van der Waals surface area contributed by atoms with Crippen molar-refractivity contribution in [2.45, 2.75) is 25.6 Å². The number of carbonyl (C=O) groups excluding carboxylic acids is 1. The summed E-state index contributed by atoms with van der Waals surface area (Å²) >= 11 is 6.05. The molecule has 0 radical (unpaired) electrons. The van der Waals surface area contributed by atoms with Gasteiger partial charge >= 0.3 is 0 Å². The summed E-state index contributed by atoms with van der Waals surface area (Å²) in [6, 6.07) is 11.2. The predicted octanol–water partition coefficient (Wildman–Crippen LogP) is 4.27. The van der Waals surface area contributed by atoms with Gasteiger partial charge in [0.25, 0.3) is 5.91 Å². The fourth-order valence-electron chi connectivity index (χ4n) is 3.14. The molecule has 0 aromatic heterocycles. The van der Waals surface area contributed by atoms with Crippen LogP contribution in [0.4, 0.5) is 4.39 Å². The lowest BCUT2D eigenvalue weighted by Gasteiger charge is -2.13. The van der Waals surface area contributed by atoms with E-state index in [1.807, 2.05) is 6.07 Å². The Kier molecular flexibility index (Phi) is 7.88. The first-order valence-corrected chi connectivity index (χ1v) is 10.1. The lowest BCUT2D eigenvalue weighted by atomic mass is 10.1. The van der Waals surface area contributed by atoms with E-state index in [1.165, 1.54) is 25.3 Å². The third-order valence-electron chi connectivity index (χ3n) is 4.81. The Morgan fingerprint density at radius 1 is 1.39 bits per heavy atom. The van der Waals surface area contributed by atoms with Crippen LogP contribution in [0.2, 0.25) is 5.02 Å². The van der Waals surface area contributed by atoms with Gasteiger partial charge in [-0.3, -0.25) is 4.79 Å². The largest absolute Gasteiger partial charge is 0.493 e. The lowest BCUT2D eigenvalue weighted by Crippen LogP contribution is -2.32. The van der Waals surface area contributed by atoms with Crippen LogP contribution in [-0.4, -0.2) is 32.3 Å². The maximum Gasteiger partial charge on any atom is 0.262 e. The van der Waals surface area contributed by atoms with Crippen LogP contribution in [-0.2, 0) is 16.1 Å². The molecule has 6 nitrogen and oxygen atoms in total. The number of ether oxygens (including phenoxy) is 3. The Balaban J connectivity index is 1.74.